The third-order valence-corrected chi connectivity index (χ3v) is 5.34. The summed E-state index contributed by atoms with van der Waals surface area (Å²) in [5, 5.41) is 11.8. The molecule has 1 atom stereocenters. The molecule has 1 fully saturated rings. The molecule has 1 saturated heterocycles. The van der Waals surface area contributed by atoms with E-state index in [-0.39, 0.29) is 28.8 Å². The van der Waals surface area contributed by atoms with Crippen molar-refractivity contribution in [3.05, 3.63) is 76.5 Å². The Kier molecular flexibility index (Phi) is 5.21. The molecule has 29 heavy (non-hydrogen) atoms. The summed E-state index contributed by atoms with van der Waals surface area (Å²) in [5.74, 6) is -3.38. The number of nitrogens with zero attached hydrogens (tertiary/aromatic N) is 2. The van der Waals surface area contributed by atoms with Crippen LogP contribution in [0, 0.1) is 23.0 Å². The standard InChI is InChI=1S/C22H19F2N3O2/c1-13(17-15(12-25)9-10-16(23)18(17)24)19-20(28)27(3)22(2,21(29)26-19)11-14-7-5-4-6-8-14/h4-10H,11H2,1-3H3,(H,26,29). The topological polar surface area (TPSA) is 73.2 Å². The van der Waals surface area contributed by atoms with Gasteiger partial charge in [0, 0.05) is 19.0 Å². The summed E-state index contributed by atoms with van der Waals surface area (Å²) in [4.78, 5) is 27.3. The molecule has 2 aromatic carbocycles. The first-order valence-corrected chi connectivity index (χ1v) is 8.93. The quantitative estimate of drug-likeness (QED) is 0.812. The van der Waals surface area contributed by atoms with Gasteiger partial charge in [0.2, 0.25) is 0 Å². The predicted molar refractivity (Wildman–Crippen MR) is 103 cm³/mol. The molecule has 3 rings (SSSR count). The van der Waals surface area contributed by atoms with Gasteiger partial charge in [0.05, 0.1) is 11.6 Å². The van der Waals surface area contributed by atoms with Gasteiger partial charge < -0.3 is 10.2 Å². The monoisotopic (exact) mass is 395 g/mol. The fraction of sp³-hybridized carbons (Fsp3) is 0.227. The van der Waals surface area contributed by atoms with Crippen LogP contribution in [-0.2, 0) is 16.0 Å². The van der Waals surface area contributed by atoms with E-state index in [1.807, 2.05) is 30.3 Å². The molecule has 1 heterocycles. The normalized spacial score (nSPS) is 20.9. The number of halogens is 2. The lowest BCUT2D eigenvalue weighted by atomic mass is 9.87. The Labute approximate surface area is 167 Å². The van der Waals surface area contributed by atoms with Crippen LogP contribution in [0.25, 0.3) is 5.57 Å². The molecule has 7 heteroatoms. The minimum atomic E-state index is -1.24. The SMILES string of the molecule is CC(=C1NC(=O)C(C)(Cc2ccccc2)N(C)C1=O)c1c(C#N)ccc(F)c1F. The zero-order valence-electron chi connectivity index (χ0n) is 16.2. The molecule has 0 aromatic heterocycles. The minimum absolute atomic E-state index is 0.00879. The van der Waals surface area contributed by atoms with Gasteiger partial charge in [-0.3, -0.25) is 9.59 Å². The maximum Gasteiger partial charge on any atom is 0.271 e. The van der Waals surface area contributed by atoms with E-state index in [1.165, 1.54) is 18.9 Å². The molecule has 1 aliphatic rings. The molecule has 1 aliphatic heterocycles. The number of hydrogen-bond acceptors (Lipinski definition) is 3. The molecule has 5 nitrogen and oxygen atoms in total. The Balaban J connectivity index is 2.06. The first kappa shape index (κ1) is 20.2. The van der Waals surface area contributed by atoms with Gasteiger partial charge in [-0.05, 0) is 37.1 Å². The third-order valence-electron chi connectivity index (χ3n) is 5.34. The molecule has 1 N–H and O–H groups in total. The Morgan fingerprint density at radius 3 is 2.45 bits per heavy atom. The fourth-order valence-electron chi connectivity index (χ4n) is 3.43. The van der Waals surface area contributed by atoms with Gasteiger partial charge in [-0.25, -0.2) is 8.78 Å². The molecule has 148 valence electrons. The average Bonchev–Trinajstić information content (AvgIpc) is 2.71. The number of rotatable bonds is 3. The lowest BCUT2D eigenvalue weighted by molar-refractivity contribution is -0.147. The maximum absolute atomic E-state index is 14.4. The van der Waals surface area contributed by atoms with E-state index in [0.717, 1.165) is 17.7 Å². The molecule has 0 spiro atoms. The Bertz CT molecular complexity index is 1070. The summed E-state index contributed by atoms with van der Waals surface area (Å²) in [7, 11) is 1.49. The summed E-state index contributed by atoms with van der Waals surface area (Å²) in [6.07, 6.45) is 0.284. The largest absolute Gasteiger partial charge is 0.326 e. The molecular weight excluding hydrogens is 376 g/mol. The van der Waals surface area contributed by atoms with Crippen molar-refractivity contribution in [1.82, 2.24) is 10.2 Å². The van der Waals surface area contributed by atoms with Crippen molar-refractivity contribution in [1.29, 1.82) is 5.26 Å². The van der Waals surface area contributed by atoms with E-state index in [9.17, 15) is 23.6 Å². The third kappa shape index (κ3) is 3.38. The van der Waals surface area contributed by atoms with E-state index in [2.05, 4.69) is 5.32 Å². The molecule has 1 unspecified atom stereocenters. The minimum Gasteiger partial charge on any atom is -0.326 e. The van der Waals surface area contributed by atoms with Crippen molar-refractivity contribution in [3.63, 3.8) is 0 Å². The highest BCUT2D eigenvalue weighted by molar-refractivity contribution is 6.10. The van der Waals surface area contributed by atoms with Gasteiger partial charge in [-0.15, -0.1) is 0 Å². The summed E-state index contributed by atoms with van der Waals surface area (Å²) in [6, 6.07) is 13.0. The van der Waals surface area contributed by atoms with Crippen LogP contribution in [0.5, 0.6) is 0 Å². The van der Waals surface area contributed by atoms with Crippen LogP contribution in [-0.4, -0.2) is 29.3 Å². The van der Waals surface area contributed by atoms with E-state index in [1.54, 1.807) is 13.0 Å². The smallest absolute Gasteiger partial charge is 0.271 e. The van der Waals surface area contributed by atoms with E-state index in [4.69, 9.17) is 0 Å². The Morgan fingerprint density at radius 1 is 1.17 bits per heavy atom. The number of piperazine rings is 1. The lowest BCUT2D eigenvalue weighted by Crippen LogP contribution is -2.64. The summed E-state index contributed by atoms with van der Waals surface area (Å²) < 4.78 is 28.2. The molecule has 0 aliphatic carbocycles. The second kappa shape index (κ2) is 7.47. The van der Waals surface area contributed by atoms with Crippen LogP contribution in [0.2, 0.25) is 0 Å². The summed E-state index contributed by atoms with van der Waals surface area (Å²) >= 11 is 0. The number of nitrogens with one attached hydrogen (secondary N) is 1. The van der Waals surface area contributed by atoms with Gasteiger partial charge >= 0.3 is 0 Å². The zero-order chi connectivity index (χ0) is 21.3. The Morgan fingerprint density at radius 2 is 1.83 bits per heavy atom. The highest BCUT2D eigenvalue weighted by Gasteiger charge is 2.46. The second-order valence-corrected chi connectivity index (χ2v) is 7.15. The average molecular weight is 395 g/mol. The van der Waals surface area contributed by atoms with Crippen LogP contribution < -0.4 is 5.32 Å². The molecular formula is C22H19F2N3O2. The fourth-order valence-corrected chi connectivity index (χ4v) is 3.43. The van der Waals surface area contributed by atoms with Crippen LogP contribution >= 0.6 is 0 Å². The molecule has 2 aromatic rings. The van der Waals surface area contributed by atoms with E-state index < -0.39 is 29.0 Å². The van der Waals surface area contributed by atoms with Crippen molar-refractivity contribution in [2.24, 2.45) is 0 Å². The highest BCUT2D eigenvalue weighted by atomic mass is 19.2. The number of amides is 2. The Hall–Kier alpha value is -3.53. The van der Waals surface area contributed by atoms with Crippen molar-refractivity contribution in [2.45, 2.75) is 25.8 Å². The molecule has 2 amide bonds. The molecule has 0 radical (unpaired) electrons. The second-order valence-electron chi connectivity index (χ2n) is 7.15. The van der Waals surface area contributed by atoms with E-state index >= 15 is 0 Å². The first-order valence-electron chi connectivity index (χ1n) is 8.93. The van der Waals surface area contributed by atoms with Gasteiger partial charge in [-0.1, -0.05) is 30.3 Å². The van der Waals surface area contributed by atoms with Crippen LogP contribution in [0.4, 0.5) is 8.78 Å². The zero-order valence-corrected chi connectivity index (χ0v) is 16.2. The number of benzene rings is 2. The van der Waals surface area contributed by atoms with Gasteiger partial charge in [0.1, 0.15) is 11.2 Å². The number of nitriles is 1. The highest BCUT2D eigenvalue weighted by Crippen LogP contribution is 2.31. The number of hydrogen-bond donors (Lipinski definition) is 1. The number of likely N-dealkylation sites (N-methyl/N-ethyl adjacent to an activating group) is 1. The van der Waals surface area contributed by atoms with Crippen molar-refractivity contribution < 1.29 is 18.4 Å². The summed E-state index contributed by atoms with van der Waals surface area (Å²) in [5.41, 5.74) is -0.945. The summed E-state index contributed by atoms with van der Waals surface area (Å²) in [6.45, 7) is 3.02. The number of carbonyl (C=O) groups excluding carboxylic acids is 2. The number of carbonyl (C=O) groups is 2. The van der Waals surface area contributed by atoms with Crippen LogP contribution in [0.1, 0.15) is 30.5 Å². The van der Waals surface area contributed by atoms with Gasteiger partial charge in [0.25, 0.3) is 11.8 Å². The van der Waals surface area contributed by atoms with Crippen LogP contribution in [0.3, 0.4) is 0 Å². The predicted octanol–water partition coefficient (Wildman–Crippen LogP) is 3.16. The van der Waals surface area contributed by atoms with Crippen molar-refractivity contribution >= 4 is 17.4 Å². The van der Waals surface area contributed by atoms with Crippen molar-refractivity contribution in [3.8, 4) is 6.07 Å². The van der Waals surface area contributed by atoms with Crippen molar-refractivity contribution in [2.75, 3.05) is 7.05 Å². The van der Waals surface area contributed by atoms with Gasteiger partial charge in [-0.2, -0.15) is 5.26 Å². The lowest BCUT2D eigenvalue weighted by Gasteiger charge is -2.42. The maximum atomic E-state index is 14.4. The number of allylic oxidation sites excluding steroid dienone is 1. The van der Waals surface area contributed by atoms with Crippen LogP contribution in [0.15, 0.2) is 48.2 Å². The molecule has 0 bridgehead atoms. The molecule has 0 saturated carbocycles. The van der Waals surface area contributed by atoms with Gasteiger partial charge in [0.15, 0.2) is 11.6 Å². The first-order chi connectivity index (χ1) is 13.7. The van der Waals surface area contributed by atoms with E-state index in [0.29, 0.717) is 0 Å².